The Bertz CT molecular complexity index is 1610. The maximum atomic E-state index is 14.0. The molecule has 9 heteroatoms. The van der Waals surface area contributed by atoms with Crippen molar-refractivity contribution < 1.29 is 24.2 Å². The van der Waals surface area contributed by atoms with E-state index in [1.807, 2.05) is 55.5 Å². The second-order valence-corrected chi connectivity index (χ2v) is 14.3. The fraction of sp³-hybridized carbons (Fsp3) is 0.486. The molecule has 0 aliphatic heterocycles. The van der Waals surface area contributed by atoms with Gasteiger partial charge in [0.25, 0.3) is 5.91 Å². The summed E-state index contributed by atoms with van der Waals surface area (Å²) in [4.78, 5) is 33.4. The SMILES string of the molecule is Cc1ccccc1-c1ccc(C(=O)NC2(OC(=O)O)C3CC4CC(C3)CC2C4)nc1-c1ccc(Cl)c(OCCCN(C)C2CC2)c1. The standard InChI is InChI=1S/C37H42ClN3O5/c1-22-6-3-4-7-29(22)30-11-13-32(35(42)40-37(46-36(43)44)26-17-23-16-24(19-26)20-27(37)18-23)39-34(30)25-8-12-31(38)33(21-25)45-15-5-14-41(2)28-9-10-28/h3-4,6-8,11-13,21,23-24,26-28H,5,9-10,14-20H2,1-2H3,(H,40,42)(H,43,44). The summed E-state index contributed by atoms with van der Waals surface area (Å²) in [5, 5.41) is 13.4. The first-order valence-electron chi connectivity index (χ1n) is 16.6. The first-order valence-corrected chi connectivity index (χ1v) is 17.0. The van der Waals surface area contributed by atoms with Crippen LogP contribution in [0.25, 0.3) is 22.4 Å². The monoisotopic (exact) mass is 643 g/mol. The summed E-state index contributed by atoms with van der Waals surface area (Å²) in [6.45, 7) is 3.55. The lowest BCUT2D eigenvalue weighted by Gasteiger charge is -2.59. The number of rotatable bonds is 11. The largest absolute Gasteiger partial charge is 0.507 e. The van der Waals surface area contributed by atoms with Crippen molar-refractivity contribution in [3.05, 3.63) is 70.9 Å². The van der Waals surface area contributed by atoms with Crippen LogP contribution < -0.4 is 10.1 Å². The van der Waals surface area contributed by atoms with Gasteiger partial charge in [0, 0.05) is 35.5 Å². The van der Waals surface area contributed by atoms with Crippen LogP contribution in [0.15, 0.2) is 54.6 Å². The molecule has 0 radical (unpaired) electrons. The Labute approximate surface area is 275 Å². The number of hydrogen-bond acceptors (Lipinski definition) is 6. The summed E-state index contributed by atoms with van der Waals surface area (Å²) in [6.07, 6.45) is 6.75. The van der Waals surface area contributed by atoms with Gasteiger partial charge >= 0.3 is 6.16 Å². The molecule has 4 bridgehead atoms. The Morgan fingerprint density at radius 1 is 1.00 bits per heavy atom. The van der Waals surface area contributed by atoms with Crippen LogP contribution >= 0.6 is 11.6 Å². The van der Waals surface area contributed by atoms with Crippen molar-refractivity contribution in [2.45, 2.75) is 70.1 Å². The van der Waals surface area contributed by atoms with Gasteiger partial charge in [-0.05, 0) is 113 Å². The first kappa shape index (κ1) is 31.0. The summed E-state index contributed by atoms with van der Waals surface area (Å²) in [7, 11) is 2.16. The van der Waals surface area contributed by atoms with Crippen LogP contribution in [0.1, 0.15) is 67.4 Å². The predicted molar refractivity (Wildman–Crippen MR) is 177 cm³/mol. The number of pyridine rings is 1. The second kappa shape index (κ2) is 12.5. The molecule has 0 saturated heterocycles. The summed E-state index contributed by atoms with van der Waals surface area (Å²) in [5.41, 5.74) is 3.32. The molecular formula is C37H42ClN3O5. The molecular weight excluding hydrogens is 602 g/mol. The molecule has 46 heavy (non-hydrogen) atoms. The third kappa shape index (κ3) is 6.09. The topological polar surface area (TPSA) is 101 Å². The zero-order valence-electron chi connectivity index (χ0n) is 26.5. The third-order valence-corrected chi connectivity index (χ3v) is 11.1. The van der Waals surface area contributed by atoms with Crippen LogP contribution in [-0.2, 0) is 4.74 Å². The van der Waals surface area contributed by atoms with Gasteiger partial charge in [-0.25, -0.2) is 9.78 Å². The number of nitrogens with zero attached hydrogens (tertiary/aromatic N) is 2. The highest BCUT2D eigenvalue weighted by molar-refractivity contribution is 6.32. The smallest absolute Gasteiger partial charge is 0.492 e. The zero-order valence-corrected chi connectivity index (χ0v) is 27.3. The molecule has 8 nitrogen and oxygen atoms in total. The van der Waals surface area contributed by atoms with Crippen molar-refractivity contribution in [2.75, 3.05) is 20.2 Å². The van der Waals surface area contributed by atoms with Crippen LogP contribution in [0.5, 0.6) is 5.75 Å². The van der Waals surface area contributed by atoms with E-state index in [1.54, 1.807) is 6.07 Å². The fourth-order valence-electron chi connectivity index (χ4n) is 8.52. The third-order valence-electron chi connectivity index (χ3n) is 10.8. The number of benzene rings is 2. The fourth-order valence-corrected chi connectivity index (χ4v) is 8.69. The summed E-state index contributed by atoms with van der Waals surface area (Å²) in [5.74, 6) is 1.22. The lowest BCUT2D eigenvalue weighted by Crippen LogP contribution is -2.68. The molecule has 1 amide bonds. The molecule has 0 atom stereocenters. The quantitative estimate of drug-likeness (QED) is 0.125. The summed E-state index contributed by atoms with van der Waals surface area (Å²) < 4.78 is 11.8. The van der Waals surface area contributed by atoms with Crippen LogP contribution in [0.2, 0.25) is 5.02 Å². The van der Waals surface area contributed by atoms with E-state index < -0.39 is 17.8 Å². The number of nitrogens with one attached hydrogen (secondary N) is 1. The van der Waals surface area contributed by atoms with Gasteiger partial charge < -0.3 is 24.8 Å². The Morgan fingerprint density at radius 3 is 2.39 bits per heavy atom. The van der Waals surface area contributed by atoms with Gasteiger partial charge in [0.05, 0.1) is 17.3 Å². The molecule has 2 aromatic carbocycles. The molecule has 8 rings (SSSR count). The van der Waals surface area contributed by atoms with E-state index in [4.69, 9.17) is 26.1 Å². The van der Waals surface area contributed by atoms with Gasteiger partial charge in [0.1, 0.15) is 11.4 Å². The maximum Gasteiger partial charge on any atom is 0.507 e. The second-order valence-electron chi connectivity index (χ2n) is 13.9. The highest BCUT2D eigenvalue weighted by Gasteiger charge is 2.60. The van der Waals surface area contributed by atoms with E-state index in [2.05, 4.69) is 17.3 Å². The normalized spacial score (nSPS) is 26.3. The molecule has 5 saturated carbocycles. The minimum Gasteiger partial charge on any atom is -0.492 e. The van der Waals surface area contributed by atoms with Gasteiger partial charge in [-0.3, -0.25) is 4.79 Å². The Balaban J connectivity index is 1.20. The van der Waals surface area contributed by atoms with Crippen LogP contribution in [0, 0.1) is 30.6 Å². The van der Waals surface area contributed by atoms with Crippen LogP contribution in [-0.4, -0.2) is 59.0 Å². The molecule has 1 heterocycles. The van der Waals surface area contributed by atoms with E-state index in [9.17, 15) is 14.7 Å². The molecule has 5 fully saturated rings. The lowest BCUT2D eigenvalue weighted by atomic mass is 9.52. The maximum absolute atomic E-state index is 14.0. The predicted octanol–water partition coefficient (Wildman–Crippen LogP) is 7.82. The number of ether oxygens (including phenoxy) is 2. The number of amides is 1. The molecule has 5 aliphatic rings. The van der Waals surface area contributed by atoms with Crippen molar-refractivity contribution >= 4 is 23.7 Å². The molecule has 2 N–H and O–H groups in total. The zero-order chi connectivity index (χ0) is 32.0. The van der Waals surface area contributed by atoms with Crippen LogP contribution in [0.3, 0.4) is 0 Å². The van der Waals surface area contributed by atoms with E-state index >= 15 is 0 Å². The molecule has 5 aliphatic carbocycles. The van der Waals surface area contributed by atoms with E-state index in [0.29, 0.717) is 41.0 Å². The Hall–Kier alpha value is -3.62. The molecule has 0 spiro atoms. The summed E-state index contributed by atoms with van der Waals surface area (Å²) >= 11 is 6.59. The molecule has 3 aromatic rings. The minimum absolute atomic E-state index is 0.0328. The highest BCUT2D eigenvalue weighted by Crippen LogP contribution is 2.58. The number of aryl methyl sites for hydroxylation is 1. The Kier molecular flexibility index (Phi) is 8.45. The van der Waals surface area contributed by atoms with Gasteiger partial charge in [-0.2, -0.15) is 0 Å². The summed E-state index contributed by atoms with van der Waals surface area (Å²) in [6, 6.07) is 18.0. The van der Waals surface area contributed by atoms with E-state index in [0.717, 1.165) is 60.9 Å². The number of hydrogen-bond donors (Lipinski definition) is 2. The van der Waals surface area contributed by atoms with Gasteiger partial charge in [-0.15, -0.1) is 0 Å². The van der Waals surface area contributed by atoms with Crippen molar-refractivity contribution in [1.82, 2.24) is 15.2 Å². The van der Waals surface area contributed by atoms with Crippen molar-refractivity contribution in [3.63, 3.8) is 0 Å². The number of halogens is 1. The van der Waals surface area contributed by atoms with Crippen LogP contribution in [0.4, 0.5) is 4.79 Å². The van der Waals surface area contributed by atoms with Gasteiger partial charge in [0.2, 0.25) is 0 Å². The molecule has 0 unspecified atom stereocenters. The Morgan fingerprint density at radius 2 is 1.72 bits per heavy atom. The van der Waals surface area contributed by atoms with E-state index in [-0.39, 0.29) is 17.5 Å². The first-order chi connectivity index (χ1) is 22.2. The average Bonchev–Trinajstić information content (AvgIpc) is 3.88. The minimum atomic E-state index is -1.36. The van der Waals surface area contributed by atoms with Gasteiger partial charge in [0.15, 0.2) is 5.72 Å². The molecule has 242 valence electrons. The lowest BCUT2D eigenvalue weighted by molar-refractivity contribution is -0.191. The number of carboxylic acid groups (broad SMARTS) is 1. The number of carbonyl (C=O) groups is 2. The van der Waals surface area contributed by atoms with E-state index in [1.165, 1.54) is 19.3 Å². The number of carbonyl (C=O) groups excluding carboxylic acids is 1. The van der Waals surface area contributed by atoms with Crippen molar-refractivity contribution in [2.24, 2.45) is 23.7 Å². The van der Waals surface area contributed by atoms with Crippen molar-refractivity contribution in [3.8, 4) is 28.1 Å². The molecule has 1 aromatic heterocycles. The highest BCUT2D eigenvalue weighted by atomic mass is 35.5. The average molecular weight is 644 g/mol. The van der Waals surface area contributed by atoms with Crippen molar-refractivity contribution in [1.29, 1.82) is 0 Å². The van der Waals surface area contributed by atoms with Gasteiger partial charge in [-0.1, -0.05) is 41.9 Å². The number of aromatic nitrogens is 1.